The predicted molar refractivity (Wildman–Crippen MR) is 85.6 cm³/mol. The minimum absolute atomic E-state index is 0.170. The topological polar surface area (TPSA) is 46.3 Å². The lowest BCUT2D eigenvalue weighted by molar-refractivity contribution is 0.0740. The third-order valence-corrected chi connectivity index (χ3v) is 5.78. The number of benzene rings is 1. The highest BCUT2D eigenvalue weighted by Crippen LogP contribution is 2.32. The molecule has 1 aliphatic carbocycles. The van der Waals surface area contributed by atoms with Crippen LogP contribution in [-0.2, 0) is 25.8 Å². The van der Waals surface area contributed by atoms with Crippen molar-refractivity contribution in [3.05, 3.63) is 50.7 Å². The van der Waals surface area contributed by atoms with E-state index in [-0.39, 0.29) is 5.91 Å². The van der Waals surface area contributed by atoms with Gasteiger partial charge in [-0.1, -0.05) is 12.1 Å². The Morgan fingerprint density at radius 2 is 2.10 bits per heavy atom. The van der Waals surface area contributed by atoms with Gasteiger partial charge in [0.2, 0.25) is 0 Å². The number of anilines is 1. The highest BCUT2D eigenvalue weighted by Gasteiger charge is 2.26. The Balaban J connectivity index is 1.60. The van der Waals surface area contributed by atoms with Crippen LogP contribution in [0.3, 0.4) is 0 Å². The second-order valence-electron chi connectivity index (χ2n) is 5.87. The molecule has 3 nitrogen and oxygen atoms in total. The minimum atomic E-state index is 0.170. The van der Waals surface area contributed by atoms with E-state index in [9.17, 15) is 4.79 Å². The average molecular weight is 298 g/mol. The lowest BCUT2D eigenvalue weighted by Crippen LogP contribution is -2.36. The maximum Gasteiger partial charge on any atom is 0.264 e. The number of aryl methyl sites for hydroxylation is 2. The van der Waals surface area contributed by atoms with Crippen molar-refractivity contribution in [3.8, 4) is 0 Å². The number of amides is 1. The van der Waals surface area contributed by atoms with E-state index in [2.05, 4.69) is 12.1 Å². The minimum Gasteiger partial charge on any atom is -0.398 e. The zero-order valence-electron chi connectivity index (χ0n) is 11.9. The molecule has 0 bridgehead atoms. The molecule has 2 heterocycles. The second-order valence-corrected chi connectivity index (χ2v) is 7.01. The number of thiophene rings is 1. The second kappa shape index (κ2) is 4.88. The molecule has 1 amide bonds. The molecule has 0 radical (unpaired) electrons. The first-order chi connectivity index (χ1) is 10.2. The van der Waals surface area contributed by atoms with Crippen molar-refractivity contribution in [1.82, 2.24) is 4.90 Å². The van der Waals surface area contributed by atoms with Gasteiger partial charge in [0.1, 0.15) is 0 Å². The van der Waals surface area contributed by atoms with Gasteiger partial charge in [0.25, 0.3) is 5.91 Å². The molecule has 1 aromatic heterocycles. The first kappa shape index (κ1) is 12.9. The fraction of sp³-hybridized carbons (Fsp3) is 0.353. The van der Waals surface area contributed by atoms with Gasteiger partial charge < -0.3 is 10.6 Å². The van der Waals surface area contributed by atoms with Crippen LogP contribution in [0.2, 0.25) is 0 Å². The molecule has 0 atom stereocenters. The molecule has 21 heavy (non-hydrogen) atoms. The Morgan fingerprint density at radius 3 is 2.95 bits per heavy atom. The van der Waals surface area contributed by atoms with Gasteiger partial charge in [-0.2, -0.15) is 0 Å². The van der Waals surface area contributed by atoms with Gasteiger partial charge in [-0.15, -0.1) is 11.3 Å². The number of carbonyl (C=O) groups is 1. The number of rotatable bonds is 1. The van der Waals surface area contributed by atoms with Gasteiger partial charge in [0.05, 0.1) is 4.88 Å². The molecule has 0 saturated heterocycles. The summed E-state index contributed by atoms with van der Waals surface area (Å²) in [6.07, 6.45) is 4.42. The van der Waals surface area contributed by atoms with E-state index in [0.717, 1.165) is 41.9 Å². The van der Waals surface area contributed by atoms with Crippen molar-refractivity contribution in [1.29, 1.82) is 0 Å². The highest BCUT2D eigenvalue weighted by atomic mass is 32.1. The van der Waals surface area contributed by atoms with Crippen LogP contribution in [0.25, 0.3) is 0 Å². The quantitative estimate of drug-likeness (QED) is 0.823. The first-order valence-electron chi connectivity index (χ1n) is 7.49. The SMILES string of the molecule is Nc1cccc2c1CN(C(=O)c1cc3c(s1)CCC3)CC2. The lowest BCUT2D eigenvalue weighted by atomic mass is 9.98. The maximum atomic E-state index is 12.7. The average Bonchev–Trinajstić information content (AvgIpc) is 3.08. The molecule has 4 heteroatoms. The van der Waals surface area contributed by atoms with Crippen LogP contribution in [0.4, 0.5) is 5.69 Å². The molecular weight excluding hydrogens is 280 g/mol. The van der Waals surface area contributed by atoms with Gasteiger partial charge in [-0.05, 0) is 54.5 Å². The van der Waals surface area contributed by atoms with Gasteiger partial charge >= 0.3 is 0 Å². The van der Waals surface area contributed by atoms with Crippen molar-refractivity contribution in [2.24, 2.45) is 0 Å². The third-order valence-electron chi connectivity index (χ3n) is 4.55. The Hall–Kier alpha value is -1.81. The van der Waals surface area contributed by atoms with Crippen molar-refractivity contribution in [2.45, 2.75) is 32.2 Å². The summed E-state index contributed by atoms with van der Waals surface area (Å²) in [6, 6.07) is 8.15. The summed E-state index contributed by atoms with van der Waals surface area (Å²) < 4.78 is 0. The summed E-state index contributed by atoms with van der Waals surface area (Å²) in [6.45, 7) is 1.43. The van der Waals surface area contributed by atoms with Crippen molar-refractivity contribution >= 4 is 22.9 Å². The fourth-order valence-electron chi connectivity index (χ4n) is 3.37. The largest absolute Gasteiger partial charge is 0.398 e. The summed E-state index contributed by atoms with van der Waals surface area (Å²) in [5, 5.41) is 0. The van der Waals surface area contributed by atoms with E-state index < -0.39 is 0 Å². The van der Waals surface area contributed by atoms with E-state index in [1.165, 1.54) is 22.4 Å². The Bertz CT molecular complexity index is 698. The molecule has 1 aromatic carbocycles. The van der Waals surface area contributed by atoms with Crippen molar-refractivity contribution < 1.29 is 4.79 Å². The molecule has 108 valence electrons. The number of nitrogens with two attached hydrogens (primary N) is 1. The molecule has 0 fully saturated rings. The molecule has 0 saturated carbocycles. The van der Waals surface area contributed by atoms with E-state index in [4.69, 9.17) is 5.73 Å². The van der Waals surface area contributed by atoms with Gasteiger partial charge in [0.15, 0.2) is 0 Å². The zero-order valence-corrected chi connectivity index (χ0v) is 12.7. The maximum absolute atomic E-state index is 12.7. The van der Waals surface area contributed by atoms with E-state index in [0.29, 0.717) is 6.54 Å². The Kier molecular flexibility index (Phi) is 3.00. The van der Waals surface area contributed by atoms with Crippen LogP contribution in [0.1, 0.15) is 37.7 Å². The molecule has 1 aliphatic heterocycles. The van der Waals surface area contributed by atoms with Gasteiger partial charge in [0, 0.05) is 23.7 Å². The standard InChI is InChI=1S/C17H18N2OS/c18-14-5-1-3-11-7-8-19(10-13(11)14)17(20)16-9-12-4-2-6-15(12)21-16/h1,3,5,9H,2,4,6-8,10,18H2. The number of nitrogen functional groups attached to an aromatic ring is 1. The first-order valence-corrected chi connectivity index (χ1v) is 8.31. The van der Waals surface area contributed by atoms with Crippen molar-refractivity contribution in [3.63, 3.8) is 0 Å². The van der Waals surface area contributed by atoms with Crippen LogP contribution in [0.15, 0.2) is 24.3 Å². The molecule has 0 spiro atoms. The number of nitrogens with zero attached hydrogens (tertiary/aromatic N) is 1. The summed E-state index contributed by atoms with van der Waals surface area (Å²) in [5.74, 6) is 0.170. The van der Waals surface area contributed by atoms with Gasteiger partial charge in [-0.25, -0.2) is 0 Å². The smallest absolute Gasteiger partial charge is 0.264 e. The summed E-state index contributed by atoms with van der Waals surface area (Å²) in [4.78, 5) is 17.0. The number of hydrogen-bond donors (Lipinski definition) is 1. The molecule has 2 aliphatic rings. The van der Waals surface area contributed by atoms with Gasteiger partial charge in [-0.3, -0.25) is 4.79 Å². The number of carbonyl (C=O) groups excluding carboxylic acids is 1. The van der Waals surface area contributed by atoms with Crippen molar-refractivity contribution in [2.75, 3.05) is 12.3 Å². The van der Waals surface area contributed by atoms with Crippen LogP contribution in [0, 0.1) is 0 Å². The summed E-state index contributed by atoms with van der Waals surface area (Å²) >= 11 is 1.69. The molecule has 2 aromatic rings. The molecule has 4 rings (SSSR count). The summed E-state index contributed by atoms with van der Waals surface area (Å²) in [5.41, 5.74) is 10.7. The molecular formula is C17H18N2OS. The van der Waals surface area contributed by atoms with Crippen LogP contribution in [0.5, 0.6) is 0 Å². The Labute approximate surface area is 128 Å². The van der Waals surface area contributed by atoms with Crippen LogP contribution in [-0.4, -0.2) is 17.4 Å². The molecule has 0 unspecified atom stereocenters. The third kappa shape index (κ3) is 2.14. The van der Waals surface area contributed by atoms with E-state index >= 15 is 0 Å². The van der Waals surface area contributed by atoms with Crippen LogP contribution < -0.4 is 5.73 Å². The number of hydrogen-bond acceptors (Lipinski definition) is 3. The number of fused-ring (bicyclic) bond motifs is 2. The van der Waals surface area contributed by atoms with Crippen LogP contribution >= 0.6 is 11.3 Å². The monoisotopic (exact) mass is 298 g/mol. The highest BCUT2D eigenvalue weighted by molar-refractivity contribution is 7.14. The zero-order chi connectivity index (χ0) is 14.4. The molecule has 2 N–H and O–H groups in total. The van der Waals surface area contributed by atoms with E-state index in [1.807, 2.05) is 17.0 Å². The predicted octanol–water partition coefficient (Wildman–Crippen LogP) is 3.02. The summed E-state index contributed by atoms with van der Waals surface area (Å²) in [7, 11) is 0. The Morgan fingerprint density at radius 1 is 1.19 bits per heavy atom. The lowest BCUT2D eigenvalue weighted by Gasteiger charge is -2.29. The fourth-order valence-corrected chi connectivity index (χ4v) is 4.59. The van der Waals surface area contributed by atoms with E-state index in [1.54, 1.807) is 11.3 Å². The normalized spacial score (nSPS) is 16.7.